The van der Waals surface area contributed by atoms with E-state index in [9.17, 15) is 32.3 Å². The molecule has 190 valence electrons. The summed E-state index contributed by atoms with van der Waals surface area (Å²) in [5, 5.41) is 22.0. The van der Waals surface area contributed by atoms with Crippen molar-refractivity contribution >= 4 is 40.4 Å². The number of halogens is 3. The fraction of sp³-hybridized carbons (Fsp3) is 0.227. The number of H-pyrrole nitrogens is 1. The monoisotopic (exact) mass is 507 g/mol. The summed E-state index contributed by atoms with van der Waals surface area (Å²) in [4.78, 5) is 52.2. The van der Waals surface area contributed by atoms with E-state index in [1.165, 1.54) is 30.3 Å². The van der Waals surface area contributed by atoms with Crippen LogP contribution in [0.2, 0.25) is 0 Å². The van der Waals surface area contributed by atoms with E-state index in [2.05, 4.69) is 20.6 Å². The molecule has 1 aromatic heterocycles. The van der Waals surface area contributed by atoms with Crippen LogP contribution in [0.4, 0.5) is 24.8 Å². The molecule has 0 spiro atoms. The third kappa shape index (κ3) is 6.08. The van der Waals surface area contributed by atoms with Gasteiger partial charge in [-0.2, -0.15) is 13.2 Å². The van der Waals surface area contributed by atoms with E-state index in [-0.39, 0.29) is 35.7 Å². The number of hydrogen-bond acceptors (Lipinski definition) is 7. The van der Waals surface area contributed by atoms with E-state index in [1.54, 1.807) is 0 Å². The Morgan fingerprint density at radius 3 is 2.33 bits per heavy atom. The number of alkyl halides is 3. The largest absolute Gasteiger partial charge is 0.481 e. The van der Waals surface area contributed by atoms with E-state index in [1.807, 2.05) is 0 Å². The molecule has 0 aliphatic heterocycles. The first kappa shape index (κ1) is 26.0. The van der Waals surface area contributed by atoms with Gasteiger partial charge in [0.15, 0.2) is 0 Å². The highest BCUT2D eigenvalue weighted by molar-refractivity contribution is 5.96. The molecule has 3 aromatic rings. The van der Waals surface area contributed by atoms with Crippen LogP contribution in [0.15, 0.2) is 41.2 Å². The summed E-state index contributed by atoms with van der Waals surface area (Å²) >= 11 is 0. The minimum absolute atomic E-state index is 0.0669. The van der Waals surface area contributed by atoms with Crippen LogP contribution < -0.4 is 21.9 Å². The zero-order valence-electron chi connectivity index (χ0n) is 18.3. The van der Waals surface area contributed by atoms with Gasteiger partial charge in [0.25, 0.3) is 11.5 Å². The van der Waals surface area contributed by atoms with Crippen molar-refractivity contribution in [1.82, 2.24) is 15.3 Å². The maximum atomic E-state index is 13.8. The minimum Gasteiger partial charge on any atom is -0.481 e. The molecule has 0 aliphatic carbocycles. The van der Waals surface area contributed by atoms with Gasteiger partial charge in [-0.25, -0.2) is 9.78 Å². The Balaban J connectivity index is 1.77. The predicted molar refractivity (Wildman–Crippen MR) is 121 cm³/mol. The Kier molecular flexibility index (Phi) is 7.46. The molecular weight excluding hydrogens is 487 g/mol. The minimum atomic E-state index is -4.88. The van der Waals surface area contributed by atoms with Crippen molar-refractivity contribution in [2.45, 2.75) is 31.6 Å². The van der Waals surface area contributed by atoms with E-state index in [0.717, 1.165) is 6.07 Å². The van der Waals surface area contributed by atoms with Crippen molar-refractivity contribution in [3.05, 3.63) is 63.4 Å². The highest BCUT2D eigenvalue weighted by atomic mass is 19.4. The maximum absolute atomic E-state index is 13.8. The van der Waals surface area contributed by atoms with Crippen LogP contribution in [0.5, 0.6) is 0 Å². The number of carbonyl (C=O) groups excluding carboxylic acids is 1. The molecule has 0 saturated carbocycles. The summed E-state index contributed by atoms with van der Waals surface area (Å²) in [5.74, 6) is -3.68. The van der Waals surface area contributed by atoms with Crippen LogP contribution in [0, 0.1) is 0 Å². The standard InChI is InChI=1S/C22H20F3N5O6/c23-22(24,25)17-13(6-5-12-16(17)19(34)30-21(26)29-12)27-9-10-1-3-11(4-2-10)18(33)28-14(20(35)36)7-8-15(31)32/h1-6,14,27H,7-9H2,(H,28,33)(H,31,32)(H,35,36)(H3,26,29,30,34)/t14-/m0/s1. The number of nitrogens with two attached hydrogens (primary N) is 1. The first-order valence-electron chi connectivity index (χ1n) is 10.3. The molecule has 0 aliphatic rings. The van der Waals surface area contributed by atoms with Gasteiger partial charge in [-0.3, -0.25) is 19.4 Å². The van der Waals surface area contributed by atoms with E-state index < -0.39 is 53.0 Å². The molecule has 11 nitrogen and oxygen atoms in total. The lowest BCUT2D eigenvalue weighted by atomic mass is 10.1. The van der Waals surface area contributed by atoms with Crippen LogP contribution in [0.1, 0.15) is 34.3 Å². The van der Waals surface area contributed by atoms with Crippen molar-refractivity contribution in [2.24, 2.45) is 0 Å². The Hall–Kier alpha value is -4.62. The number of nitrogens with one attached hydrogen (secondary N) is 3. The average Bonchev–Trinajstić information content (AvgIpc) is 2.79. The van der Waals surface area contributed by atoms with Gasteiger partial charge in [0.2, 0.25) is 5.95 Å². The van der Waals surface area contributed by atoms with Crippen LogP contribution in [-0.2, 0) is 22.3 Å². The zero-order valence-corrected chi connectivity index (χ0v) is 18.3. The van der Waals surface area contributed by atoms with Crippen LogP contribution in [0.25, 0.3) is 10.9 Å². The van der Waals surface area contributed by atoms with Crippen LogP contribution >= 0.6 is 0 Å². The van der Waals surface area contributed by atoms with Crippen molar-refractivity contribution in [3.8, 4) is 0 Å². The number of aliphatic carboxylic acids is 2. The molecule has 1 atom stereocenters. The highest BCUT2D eigenvalue weighted by Crippen LogP contribution is 2.38. The third-order valence-electron chi connectivity index (χ3n) is 5.13. The number of carboxylic acid groups (broad SMARTS) is 2. The van der Waals surface area contributed by atoms with E-state index in [4.69, 9.17) is 15.9 Å². The van der Waals surface area contributed by atoms with Crippen molar-refractivity contribution < 1.29 is 37.8 Å². The molecule has 1 heterocycles. The second kappa shape index (κ2) is 10.3. The molecule has 7 N–H and O–H groups in total. The van der Waals surface area contributed by atoms with Gasteiger partial charge >= 0.3 is 18.1 Å². The normalized spacial score (nSPS) is 12.2. The number of carboxylic acids is 2. The first-order chi connectivity index (χ1) is 16.9. The molecular formula is C22H20F3N5O6. The lowest BCUT2D eigenvalue weighted by molar-refractivity contribution is -0.140. The van der Waals surface area contributed by atoms with Crippen LogP contribution in [-0.4, -0.2) is 44.1 Å². The molecule has 0 saturated heterocycles. The summed E-state index contributed by atoms with van der Waals surface area (Å²) in [6.45, 7) is -0.104. The van der Waals surface area contributed by atoms with Gasteiger partial charge in [0, 0.05) is 24.2 Å². The van der Waals surface area contributed by atoms with Gasteiger partial charge in [0.1, 0.15) is 6.04 Å². The second-order valence-corrected chi connectivity index (χ2v) is 7.68. The lowest BCUT2D eigenvalue weighted by Gasteiger charge is -2.17. The molecule has 1 amide bonds. The second-order valence-electron chi connectivity index (χ2n) is 7.68. The number of hydrogen-bond donors (Lipinski definition) is 6. The Bertz CT molecular complexity index is 1370. The van der Waals surface area contributed by atoms with Crippen molar-refractivity contribution in [2.75, 3.05) is 11.1 Å². The lowest BCUT2D eigenvalue weighted by Crippen LogP contribution is -2.41. The number of carbonyl (C=O) groups is 3. The Morgan fingerprint density at radius 1 is 1.08 bits per heavy atom. The fourth-order valence-electron chi connectivity index (χ4n) is 3.43. The molecule has 2 aromatic carbocycles. The van der Waals surface area contributed by atoms with Crippen LogP contribution in [0.3, 0.4) is 0 Å². The van der Waals surface area contributed by atoms with Gasteiger partial charge in [-0.05, 0) is 36.2 Å². The quantitative estimate of drug-likeness (QED) is 0.252. The summed E-state index contributed by atoms with van der Waals surface area (Å²) in [6.07, 6.45) is -5.64. The number of benzene rings is 2. The van der Waals surface area contributed by atoms with Gasteiger partial charge in [0.05, 0.1) is 16.5 Å². The summed E-state index contributed by atoms with van der Waals surface area (Å²) < 4.78 is 41.4. The molecule has 0 fully saturated rings. The van der Waals surface area contributed by atoms with E-state index in [0.29, 0.717) is 5.56 Å². The van der Waals surface area contributed by atoms with Crippen molar-refractivity contribution in [1.29, 1.82) is 0 Å². The number of rotatable bonds is 9. The molecule has 3 rings (SSSR count). The highest BCUT2D eigenvalue weighted by Gasteiger charge is 2.37. The smallest absolute Gasteiger partial charge is 0.419 e. The average molecular weight is 507 g/mol. The molecule has 0 radical (unpaired) electrons. The molecule has 0 unspecified atom stereocenters. The number of nitrogen functional groups attached to an aromatic ring is 1. The summed E-state index contributed by atoms with van der Waals surface area (Å²) in [6, 6.07) is 6.51. The third-order valence-corrected chi connectivity index (χ3v) is 5.13. The maximum Gasteiger partial charge on any atom is 0.419 e. The summed E-state index contributed by atoms with van der Waals surface area (Å²) in [7, 11) is 0. The SMILES string of the molecule is Nc1nc2ccc(NCc3ccc(C(=O)N[C@@H](CCC(=O)O)C(=O)O)cc3)c(C(F)(F)F)c2c(=O)[nH]1. The zero-order chi connectivity index (χ0) is 26.6. The number of anilines is 2. The number of nitrogens with zero attached hydrogens (tertiary/aromatic N) is 1. The van der Waals surface area contributed by atoms with Crippen molar-refractivity contribution in [3.63, 3.8) is 0 Å². The predicted octanol–water partition coefficient (Wildman–Crippen LogP) is 2.18. The Labute approximate surface area is 200 Å². The fourth-order valence-corrected chi connectivity index (χ4v) is 3.43. The molecule has 14 heteroatoms. The summed E-state index contributed by atoms with van der Waals surface area (Å²) in [5.41, 5.74) is 3.14. The molecule has 36 heavy (non-hydrogen) atoms. The van der Waals surface area contributed by atoms with E-state index >= 15 is 0 Å². The number of aromatic amines is 1. The first-order valence-corrected chi connectivity index (χ1v) is 10.3. The Morgan fingerprint density at radius 2 is 1.75 bits per heavy atom. The topological polar surface area (TPSA) is 187 Å². The number of aromatic nitrogens is 2. The van der Waals surface area contributed by atoms with Gasteiger partial charge in [-0.15, -0.1) is 0 Å². The number of fused-ring (bicyclic) bond motifs is 1. The molecule has 0 bridgehead atoms. The van der Waals surface area contributed by atoms with Gasteiger partial charge < -0.3 is 26.6 Å². The van der Waals surface area contributed by atoms with Gasteiger partial charge in [-0.1, -0.05) is 12.1 Å². The number of amides is 1.